The van der Waals surface area contributed by atoms with Gasteiger partial charge in [0.15, 0.2) is 5.58 Å². The second-order valence-corrected chi connectivity index (χ2v) is 6.09. The second-order valence-electron chi connectivity index (χ2n) is 5.68. The van der Waals surface area contributed by atoms with Crippen LogP contribution in [0, 0.1) is 0 Å². The predicted molar refractivity (Wildman–Crippen MR) is 95.6 cm³/mol. The molecule has 1 N–H and O–H groups in total. The molecule has 7 nitrogen and oxygen atoms in total. The van der Waals surface area contributed by atoms with E-state index in [4.69, 9.17) is 25.9 Å². The molecule has 0 aliphatic heterocycles. The van der Waals surface area contributed by atoms with Crippen molar-refractivity contribution in [2.24, 2.45) is 0 Å². The molecule has 0 bridgehead atoms. The highest BCUT2D eigenvalue weighted by molar-refractivity contribution is 6.32. The van der Waals surface area contributed by atoms with E-state index in [0.717, 1.165) is 5.69 Å². The number of hydrogen-bond donors (Lipinski definition) is 1. The van der Waals surface area contributed by atoms with E-state index in [2.05, 4.69) is 4.98 Å². The zero-order valence-corrected chi connectivity index (χ0v) is 14.8. The molecule has 1 atom stereocenters. The fourth-order valence-electron chi connectivity index (χ4n) is 2.65. The van der Waals surface area contributed by atoms with E-state index in [9.17, 15) is 9.59 Å². The topological polar surface area (TPSA) is 94.6 Å². The summed E-state index contributed by atoms with van der Waals surface area (Å²) in [4.78, 5) is 27.0. The zero-order chi connectivity index (χ0) is 18.7. The molecular weight excluding hydrogens is 360 g/mol. The van der Waals surface area contributed by atoms with Gasteiger partial charge in [0, 0.05) is 18.8 Å². The third-order valence-corrected chi connectivity index (χ3v) is 4.22. The molecule has 3 rings (SSSR count). The highest BCUT2D eigenvalue weighted by atomic mass is 35.5. The van der Waals surface area contributed by atoms with Crippen molar-refractivity contribution in [3.8, 4) is 5.75 Å². The fourth-order valence-corrected chi connectivity index (χ4v) is 2.85. The largest absolute Gasteiger partial charge is 0.482 e. The number of rotatable bonds is 7. The lowest BCUT2D eigenvalue weighted by Gasteiger charge is -2.17. The van der Waals surface area contributed by atoms with Crippen LogP contribution in [0.3, 0.4) is 0 Å². The van der Waals surface area contributed by atoms with E-state index >= 15 is 0 Å². The van der Waals surface area contributed by atoms with Gasteiger partial charge >= 0.3 is 11.7 Å². The third-order valence-electron chi connectivity index (χ3n) is 3.93. The summed E-state index contributed by atoms with van der Waals surface area (Å²) in [6.07, 6.45) is 1.87. The Morgan fingerprint density at radius 2 is 2.23 bits per heavy atom. The molecule has 0 saturated heterocycles. The maximum atomic E-state index is 12.0. The maximum absolute atomic E-state index is 12.0. The minimum atomic E-state index is -1.00. The average Bonchev–Trinajstić information content (AvgIpc) is 2.92. The number of pyridine rings is 1. The van der Waals surface area contributed by atoms with Crippen molar-refractivity contribution in [1.29, 1.82) is 0 Å². The maximum Gasteiger partial charge on any atom is 0.419 e. The summed E-state index contributed by atoms with van der Waals surface area (Å²) in [5.41, 5.74) is 1.49. The van der Waals surface area contributed by atoms with E-state index in [0.29, 0.717) is 22.7 Å². The Bertz CT molecular complexity index is 980. The number of carbonyl (C=O) groups is 1. The Hall–Kier alpha value is -2.80. The van der Waals surface area contributed by atoms with Gasteiger partial charge in [-0.3, -0.25) is 14.3 Å². The fraction of sp³-hybridized carbons (Fsp3) is 0.278. The normalized spacial score (nSPS) is 12.2. The van der Waals surface area contributed by atoms with Gasteiger partial charge in [0.1, 0.15) is 11.9 Å². The number of hydrogen-bond acceptors (Lipinski definition) is 5. The Kier molecular flexibility index (Phi) is 5.27. The monoisotopic (exact) mass is 376 g/mol. The highest BCUT2D eigenvalue weighted by Gasteiger charge is 2.18. The van der Waals surface area contributed by atoms with Crippen LogP contribution in [-0.4, -0.2) is 20.6 Å². The minimum Gasteiger partial charge on any atom is -0.482 e. The van der Waals surface area contributed by atoms with Crippen molar-refractivity contribution in [2.45, 2.75) is 32.4 Å². The Balaban J connectivity index is 1.94. The molecule has 8 heteroatoms. The number of carboxylic acid groups (broad SMARTS) is 1. The SMILES string of the molecule is CC[C@@H](Oc1cc2oc(=O)n(CCC(=O)O)c2cc1Cl)c1ccccn1. The van der Waals surface area contributed by atoms with Crippen LogP contribution < -0.4 is 10.5 Å². The number of ether oxygens (including phenoxy) is 1. The van der Waals surface area contributed by atoms with Gasteiger partial charge in [0.25, 0.3) is 0 Å². The predicted octanol–water partition coefficient (Wildman–Crippen LogP) is 3.65. The molecule has 3 aromatic rings. The standard InChI is InChI=1S/C18H17ClN2O5/c1-2-14(12-5-3-4-7-20-12)25-15-10-16-13(9-11(15)19)21(18(24)26-16)8-6-17(22)23/h3-5,7,9-10,14H,2,6,8H2,1H3,(H,22,23)/t14-/m1/s1. The van der Waals surface area contributed by atoms with Crippen molar-refractivity contribution in [1.82, 2.24) is 9.55 Å². The van der Waals surface area contributed by atoms with E-state index in [1.54, 1.807) is 18.3 Å². The Labute approximate surface area is 153 Å². The van der Waals surface area contributed by atoms with Crippen LogP contribution in [0.25, 0.3) is 11.1 Å². The van der Waals surface area contributed by atoms with Crippen LogP contribution in [0.1, 0.15) is 31.6 Å². The lowest BCUT2D eigenvalue weighted by molar-refractivity contribution is -0.137. The lowest BCUT2D eigenvalue weighted by Crippen LogP contribution is -2.16. The molecule has 0 amide bonds. The summed E-state index contributed by atoms with van der Waals surface area (Å²) in [7, 11) is 0. The average molecular weight is 377 g/mol. The highest BCUT2D eigenvalue weighted by Crippen LogP contribution is 2.33. The summed E-state index contributed by atoms with van der Waals surface area (Å²) in [6, 6.07) is 8.65. The molecule has 26 heavy (non-hydrogen) atoms. The molecule has 0 unspecified atom stereocenters. The van der Waals surface area contributed by atoms with E-state index in [1.165, 1.54) is 4.57 Å². The lowest BCUT2D eigenvalue weighted by atomic mass is 10.2. The Morgan fingerprint density at radius 3 is 2.88 bits per heavy atom. The molecule has 2 aromatic heterocycles. The number of carboxylic acids is 1. The summed E-state index contributed by atoms with van der Waals surface area (Å²) in [5.74, 6) is -1.26. The number of benzene rings is 1. The van der Waals surface area contributed by atoms with Crippen molar-refractivity contribution in [3.63, 3.8) is 0 Å². The second kappa shape index (κ2) is 7.61. The molecule has 2 heterocycles. The molecule has 0 aliphatic rings. The van der Waals surface area contributed by atoms with Gasteiger partial charge in [-0.15, -0.1) is 0 Å². The molecule has 0 saturated carbocycles. The first-order chi connectivity index (χ1) is 12.5. The number of aryl methyl sites for hydroxylation is 1. The quantitative estimate of drug-likeness (QED) is 0.676. The number of oxazole rings is 1. The number of aromatic nitrogens is 2. The van der Waals surface area contributed by atoms with Crippen molar-refractivity contribution in [2.75, 3.05) is 0 Å². The first kappa shape index (κ1) is 18.0. The number of nitrogens with zero attached hydrogens (tertiary/aromatic N) is 2. The number of halogens is 1. The van der Waals surface area contributed by atoms with Gasteiger partial charge in [-0.25, -0.2) is 4.79 Å². The van der Waals surface area contributed by atoms with Crippen LogP contribution in [0.4, 0.5) is 0 Å². The van der Waals surface area contributed by atoms with Gasteiger partial charge in [-0.2, -0.15) is 0 Å². The van der Waals surface area contributed by atoms with Crippen molar-refractivity contribution < 1.29 is 19.1 Å². The summed E-state index contributed by atoms with van der Waals surface area (Å²) in [5, 5.41) is 9.11. The van der Waals surface area contributed by atoms with Crippen LogP contribution in [-0.2, 0) is 11.3 Å². The van der Waals surface area contributed by atoms with Gasteiger partial charge in [-0.05, 0) is 24.6 Å². The molecule has 0 radical (unpaired) electrons. The van der Waals surface area contributed by atoms with Gasteiger partial charge in [0.2, 0.25) is 0 Å². The van der Waals surface area contributed by atoms with Gasteiger partial charge in [-0.1, -0.05) is 24.6 Å². The smallest absolute Gasteiger partial charge is 0.419 e. The first-order valence-electron chi connectivity index (χ1n) is 8.12. The molecule has 0 fully saturated rings. The molecule has 136 valence electrons. The summed E-state index contributed by atoms with van der Waals surface area (Å²) < 4.78 is 12.4. The molecule has 1 aromatic carbocycles. The van der Waals surface area contributed by atoms with Crippen LogP contribution in [0.2, 0.25) is 5.02 Å². The Morgan fingerprint density at radius 1 is 1.42 bits per heavy atom. The van der Waals surface area contributed by atoms with Crippen LogP contribution in [0.15, 0.2) is 45.7 Å². The van der Waals surface area contributed by atoms with Crippen molar-refractivity contribution >= 4 is 28.7 Å². The molecule has 0 aliphatic carbocycles. The molecule has 0 spiro atoms. The number of fused-ring (bicyclic) bond motifs is 1. The van der Waals surface area contributed by atoms with E-state index in [1.807, 2.05) is 25.1 Å². The third kappa shape index (κ3) is 3.72. The van der Waals surface area contributed by atoms with E-state index < -0.39 is 11.7 Å². The summed E-state index contributed by atoms with van der Waals surface area (Å²) in [6.45, 7) is 1.97. The van der Waals surface area contributed by atoms with E-state index in [-0.39, 0.29) is 24.7 Å². The zero-order valence-electron chi connectivity index (χ0n) is 14.0. The van der Waals surface area contributed by atoms with Crippen molar-refractivity contribution in [3.05, 3.63) is 57.8 Å². The first-order valence-corrected chi connectivity index (χ1v) is 8.49. The molecular formula is C18H17ClN2O5. The summed E-state index contributed by atoms with van der Waals surface area (Å²) >= 11 is 6.32. The van der Waals surface area contributed by atoms with Crippen LogP contribution >= 0.6 is 11.6 Å². The number of aliphatic carboxylic acids is 1. The van der Waals surface area contributed by atoms with Crippen LogP contribution in [0.5, 0.6) is 5.75 Å². The van der Waals surface area contributed by atoms with Gasteiger partial charge in [0.05, 0.1) is 22.7 Å². The minimum absolute atomic E-state index is 0.00319. The van der Waals surface area contributed by atoms with Gasteiger partial charge < -0.3 is 14.3 Å².